The zero-order valence-corrected chi connectivity index (χ0v) is 12.9. The molecule has 0 atom stereocenters. The first-order chi connectivity index (χ1) is 10.1. The van der Waals surface area contributed by atoms with Crippen molar-refractivity contribution in [1.29, 1.82) is 0 Å². The normalized spacial score (nSPS) is 12.3. The highest BCUT2D eigenvalue weighted by Gasteiger charge is 2.19. The van der Waals surface area contributed by atoms with Crippen LogP contribution in [0.2, 0.25) is 0 Å². The van der Waals surface area contributed by atoms with E-state index in [-0.39, 0.29) is 0 Å². The Kier molecular flexibility index (Phi) is 3.50. The molecule has 0 saturated carbocycles. The van der Waals surface area contributed by atoms with E-state index >= 15 is 0 Å². The summed E-state index contributed by atoms with van der Waals surface area (Å²) in [6.07, 6.45) is 0.907. The number of rotatable bonds is 3. The molecule has 0 amide bonds. The molecular weight excluding hydrogens is 260 g/mol. The number of nitrogens with two attached hydrogens (primary N) is 1. The van der Waals surface area contributed by atoms with Crippen LogP contribution in [0.4, 0.5) is 11.4 Å². The van der Waals surface area contributed by atoms with Crippen LogP contribution in [0.3, 0.4) is 0 Å². The summed E-state index contributed by atoms with van der Waals surface area (Å²) < 4.78 is 6.09. The minimum absolute atomic E-state index is 0.744. The van der Waals surface area contributed by atoms with Crippen LogP contribution in [0, 0.1) is 6.92 Å². The predicted octanol–water partition coefficient (Wildman–Crippen LogP) is 4.12. The lowest BCUT2D eigenvalue weighted by molar-refractivity contribution is 0.460. The quantitative estimate of drug-likeness (QED) is 0.734. The van der Waals surface area contributed by atoms with Crippen molar-refractivity contribution in [2.75, 3.05) is 23.7 Å². The lowest BCUT2D eigenvalue weighted by atomic mass is 9.97. The van der Waals surface area contributed by atoms with Gasteiger partial charge in [0, 0.05) is 43.0 Å². The number of anilines is 2. The first kappa shape index (κ1) is 13.8. The minimum Gasteiger partial charge on any atom is -0.457 e. The van der Waals surface area contributed by atoms with Crippen LogP contribution in [0.15, 0.2) is 30.3 Å². The van der Waals surface area contributed by atoms with Gasteiger partial charge in [-0.2, -0.15) is 0 Å². The second kappa shape index (κ2) is 5.32. The molecule has 0 unspecified atom stereocenters. The monoisotopic (exact) mass is 282 g/mol. The van der Waals surface area contributed by atoms with Gasteiger partial charge in [0.2, 0.25) is 0 Å². The molecule has 0 radical (unpaired) electrons. The van der Waals surface area contributed by atoms with Crippen molar-refractivity contribution in [3.63, 3.8) is 0 Å². The Morgan fingerprint density at radius 1 is 1.05 bits per heavy atom. The number of nitrogen functional groups attached to an aromatic ring is 1. The highest BCUT2D eigenvalue weighted by molar-refractivity contribution is 5.63. The van der Waals surface area contributed by atoms with E-state index in [1.54, 1.807) is 0 Å². The Hall–Kier alpha value is -2.16. The van der Waals surface area contributed by atoms with Crippen molar-refractivity contribution in [3.05, 3.63) is 47.0 Å². The summed E-state index contributed by atoms with van der Waals surface area (Å²) in [5, 5.41) is 0. The Labute approximate surface area is 126 Å². The summed E-state index contributed by atoms with van der Waals surface area (Å²) in [5.41, 5.74) is 11.6. The molecule has 3 heteroatoms. The van der Waals surface area contributed by atoms with Crippen LogP contribution in [-0.2, 0) is 6.42 Å². The molecule has 0 bridgehead atoms. The van der Waals surface area contributed by atoms with Crippen molar-refractivity contribution in [2.45, 2.75) is 27.2 Å². The van der Waals surface area contributed by atoms with Gasteiger partial charge in [-0.3, -0.25) is 0 Å². The van der Waals surface area contributed by atoms with Crippen LogP contribution in [0.25, 0.3) is 0 Å². The third-order valence-electron chi connectivity index (χ3n) is 4.18. The van der Waals surface area contributed by atoms with Crippen LogP contribution < -0.4 is 15.4 Å². The number of hydrogen-bond acceptors (Lipinski definition) is 3. The average Bonchev–Trinajstić information content (AvgIpc) is 2.47. The number of fused-ring (bicyclic) bond motifs is 2. The molecule has 0 fully saturated rings. The molecule has 1 heterocycles. The third kappa shape index (κ3) is 2.44. The summed E-state index contributed by atoms with van der Waals surface area (Å²) in [6, 6.07) is 10.3. The van der Waals surface area contributed by atoms with E-state index < -0.39 is 0 Å². The fourth-order valence-electron chi connectivity index (χ4n) is 3.01. The molecule has 3 rings (SSSR count). The van der Waals surface area contributed by atoms with Crippen molar-refractivity contribution < 1.29 is 4.74 Å². The molecule has 0 aromatic heterocycles. The maximum atomic E-state index is 6.09. The molecule has 110 valence electrons. The number of hydrogen-bond donors (Lipinski definition) is 1. The van der Waals surface area contributed by atoms with E-state index in [0.29, 0.717) is 0 Å². The molecule has 0 saturated heterocycles. The highest BCUT2D eigenvalue weighted by Crippen LogP contribution is 2.40. The predicted molar refractivity (Wildman–Crippen MR) is 88.5 cm³/mol. The number of ether oxygens (including phenoxy) is 1. The highest BCUT2D eigenvalue weighted by atomic mass is 16.5. The van der Waals surface area contributed by atoms with E-state index in [1.807, 2.05) is 12.1 Å². The SMILES string of the molecule is CCN(CC)c1cc2c(cc1C)Cc1ccc(N)cc1O2. The van der Waals surface area contributed by atoms with Crippen molar-refractivity contribution >= 4 is 11.4 Å². The summed E-state index contributed by atoms with van der Waals surface area (Å²) in [7, 11) is 0. The van der Waals surface area contributed by atoms with E-state index in [1.165, 1.54) is 22.4 Å². The van der Waals surface area contributed by atoms with Crippen LogP contribution >= 0.6 is 0 Å². The first-order valence-corrected chi connectivity index (χ1v) is 7.57. The summed E-state index contributed by atoms with van der Waals surface area (Å²) in [4.78, 5) is 2.36. The van der Waals surface area contributed by atoms with Gasteiger partial charge in [0.05, 0.1) is 0 Å². The molecule has 2 aromatic rings. The molecule has 2 N–H and O–H groups in total. The van der Waals surface area contributed by atoms with Crippen molar-refractivity contribution in [2.24, 2.45) is 0 Å². The van der Waals surface area contributed by atoms with E-state index in [9.17, 15) is 0 Å². The van der Waals surface area contributed by atoms with Gasteiger partial charge in [0.25, 0.3) is 0 Å². The Morgan fingerprint density at radius 3 is 2.48 bits per heavy atom. The van der Waals surface area contributed by atoms with Gasteiger partial charge in [-0.1, -0.05) is 6.07 Å². The number of aryl methyl sites for hydroxylation is 1. The van der Waals surface area contributed by atoms with Gasteiger partial charge >= 0.3 is 0 Å². The summed E-state index contributed by atoms with van der Waals surface area (Å²) >= 11 is 0. The topological polar surface area (TPSA) is 38.5 Å². The zero-order valence-electron chi connectivity index (χ0n) is 12.9. The van der Waals surface area contributed by atoms with Crippen LogP contribution in [0.1, 0.15) is 30.5 Å². The van der Waals surface area contributed by atoms with Gasteiger partial charge in [-0.05, 0) is 49.6 Å². The van der Waals surface area contributed by atoms with E-state index in [2.05, 4.69) is 43.9 Å². The number of benzene rings is 2. The smallest absolute Gasteiger partial charge is 0.133 e. The summed E-state index contributed by atoms with van der Waals surface area (Å²) in [6.45, 7) is 8.53. The van der Waals surface area contributed by atoms with Crippen molar-refractivity contribution in [1.82, 2.24) is 0 Å². The zero-order chi connectivity index (χ0) is 15.0. The second-order valence-corrected chi connectivity index (χ2v) is 5.56. The molecule has 0 spiro atoms. The molecule has 2 aromatic carbocycles. The molecule has 1 aliphatic heterocycles. The maximum Gasteiger partial charge on any atom is 0.133 e. The maximum absolute atomic E-state index is 6.09. The average molecular weight is 282 g/mol. The fraction of sp³-hybridized carbons (Fsp3) is 0.333. The minimum atomic E-state index is 0.744. The first-order valence-electron chi connectivity index (χ1n) is 7.57. The van der Waals surface area contributed by atoms with E-state index in [4.69, 9.17) is 10.5 Å². The molecule has 21 heavy (non-hydrogen) atoms. The fourth-order valence-corrected chi connectivity index (χ4v) is 3.01. The van der Waals surface area contributed by atoms with Crippen LogP contribution in [0.5, 0.6) is 11.5 Å². The van der Waals surface area contributed by atoms with Gasteiger partial charge in [-0.25, -0.2) is 0 Å². The third-order valence-corrected chi connectivity index (χ3v) is 4.18. The summed E-state index contributed by atoms with van der Waals surface area (Å²) in [5.74, 6) is 1.84. The Balaban J connectivity index is 2.03. The largest absolute Gasteiger partial charge is 0.457 e. The van der Waals surface area contributed by atoms with Gasteiger partial charge in [-0.15, -0.1) is 0 Å². The van der Waals surface area contributed by atoms with E-state index in [0.717, 1.165) is 36.7 Å². The molecule has 3 nitrogen and oxygen atoms in total. The van der Waals surface area contributed by atoms with Gasteiger partial charge < -0.3 is 15.4 Å². The molecular formula is C18H22N2O. The lowest BCUT2D eigenvalue weighted by Crippen LogP contribution is -2.23. The van der Waals surface area contributed by atoms with Gasteiger partial charge in [0.15, 0.2) is 0 Å². The Bertz CT molecular complexity index is 675. The molecule has 0 aliphatic carbocycles. The van der Waals surface area contributed by atoms with Gasteiger partial charge in [0.1, 0.15) is 11.5 Å². The van der Waals surface area contributed by atoms with Crippen molar-refractivity contribution in [3.8, 4) is 11.5 Å². The van der Waals surface area contributed by atoms with Crippen LogP contribution in [-0.4, -0.2) is 13.1 Å². The molecule has 1 aliphatic rings. The second-order valence-electron chi connectivity index (χ2n) is 5.56. The lowest BCUT2D eigenvalue weighted by Gasteiger charge is -2.27. The number of nitrogens with zero attached hydrogens (tertiary/aromatic N) is 1. The Morgan fingerprint density at radius 2 is 1.76 bits per heavy atom. The standard InChI is InChI=1S/C18H22N2O/c1-4-20(5-2)16-11-18-14(8-12(16)3)9-13-6-7-15(19)10-17(13)21-18/h6-8,10-11H,4-5,9,19H2,1-3H3.